The number of rotatable bonds is 2. The highest BCUT2D eigenvalue weighted by Gasteiger charge is 2.13. The fraction of sp³-hybridized carbons (Fsp3) is 0.400. The van der Waals surface area contributed by atoms with Crippen LogP contribution in [0.15, 0.2) is 46.4 Å². The molecule has 0 fully saturated rings. The van der Waals surface area contributed by atoms with E-state index in [2.05, 4.69) is 18.2 Å². The molecule has 2 rings (SSSR count). The molecule has 0 spiro atoms. The number of guanidine groups is 2. The first kappa shape index (κ1) is 19.6. The van der Waals surface area contributed by atoms with Crippen LogP contribution in [0.2, 0.25) is 0 Å². The summed E-state index contributed by atoms with van der Waals surface area (Å²) in [6.45, 7) is 0. The summed E-state index contributed by atoms with van der Waals surface area (Å²) >= 11 is 0. The van der Waals surface area contributed by atoms with E-state index in [1.165, 1.54) is 0 Å². The zero-order valence-electron chi connectivity index (χ0n) is 17.1. The molecule has 0 aromatic heterocycles. The van der Waals surface area contributed by atoms with Gasteiger partial charge in [0, 0.05) is 61.8 Å². The average Bonchev–Trinajstić information content (AvgIpc) is 2.56. The SMILES string of the molecule is CN(C)C(=Nc1ccc2ccccc2c1N=C(N(C)C)N(C)C)N(C)C. The van der Waals surface area contributed by atoms with Gasteiger partial charge in [-0.1, -0.05) is 30.3 Å². The van der Waals surface area contributed by atoms with Crippen molar-refractivity contribution < 1.29 is 0 Å². The summed E-state index contributed by atoms with van der Waals surface area (Å²) in [5.41, 5.74) is 1.73. The van der Waals surface area contributed by atoms with Gasteiger partial charge in [0.05, 0.1) is 5.69 Å². The van der Waals surface area contributed by atoms with Crippen molar-refractivity contribution in [1.82, 2.24) is 19.6 Å². The highest BCUT2D eigenvalue weighted by Crippen LogP contribution is 2.36. The molecule has 0 unspecified atom stereocenters. The topological polar surface area (TPSA) is 37.7 Å². The van der Waals surface area contributed by atoms with Gasteiger partial charge in [0.1, 0.15) is 5.69 Å². The second-order valence-electron chi connectivity index (χ2n) is 7.06. The Hall–Kier alpha value is -2.76. The van der Waals surface area contributed by atoms with Gasteiger partial charge in [0.2, 0.25) is 11.9 Å². The van der Waals surface area contributed by atoms with Gasteiger partial charge in [0.15, 0.2) is 0 Å². The van der Waals surface area contributed by atoms with Crippen molar-refractivity contribution in [3.63, 3.8) is 0 Å². The van der Waals surface area contributed by atoms with Gasteiger partial charge in [0.25, 0.3) is 0 Å². The molecule has 6 nitrogen and oxygen atoms in total. The molecule has 2 aromatic carbocycles. The van der Waals surface area contributed by atoms with Crippen molar-refractivity contribution in [2.24, 2.45) is 9.98 Å². The monoisotopic (exact) mass is 354 g/mol. The number of nitrogens with zero attached hydrogens (tertiary/aromatic N) is 6. The lowest BCUT2D eigenvalue weighted by Gasteiger charge is -2.24. The third kappa shape index (κ3) is 4.25. The van der Waals surface area contributed by atoms with Crippen LogP contribution in [0.4, 0.5) is 11.4 Å². The van der Waals surface area contributed by atoms with Crippen LogP contribution in [0.1, 0.15) is 0 Å². The first-order valence-corrected chi connectivity index (χ1v) is 8.60. The van der Waals surface area contributed by atoms with E-state index in [4.69, 9.17) is 9.98 Å². The molecule has 0 saturated carbocycles. The highest BCUT2D eigenvalue weighted by molar-refractivity contribution is 6.01. The third-order valence-electron chi connectivity index (χ3n) is 3.91. The third-order valence-corrected chi connectivity index (χ3v) is 3.91. The lowest BCUT2D eigenvalue weighted by atomic mass is 10.1. The molecule has 2 aromatic rings. The van der Waals surface area contributed by atoms with E-state index in [1.807, 2.05) is 94.2 Å². The van der Waals surface area contributed by atoms with Crippen molar-refractivity contribution in [1.29, 1.82) is 0 Å². The first-order chi connectivity index (χ1) is 12.2. The molecule has 0 saturated heterocycles. The fourth-order valence-electron chi connectivity index (χ4n) is 2.86. The van der Waals surface area contributed by atoms with Crippen LogP contribution in [-0.4, -0.2) is 87.9 Å². The second-order valence-corrected chi connectivity index (χ2v) is 7.06. The number of aliphatic imine (C=N–C) groups is 2. The van der Waals surface area contributed by atoms with E-state index in [9.17, 15) is 0 Å². The Morgan fingerprint density at radius 2 is 1.12 bits per heavy atom. The molecule has 0 radical (unpaired) electrons. The molecule has 0 aliphatic rings. The number of hydrogen-bond donors (Lipinski definition) is 0. The normalized spacial score (nSPS) is 10.3. The van der Waals surface area contributed by atoms with Crippen LogP contribution < -0.4 is 0 Å². The standard InChI is InChI=1S/C20H30N6/c1-23(2)19(24(3)4)21-17-14-13-15-11-9-10-12-16(15)18(17)22-20(25(5)6)26(7)8/h9-14H,1-8H3. The van der Waals surface area contributed by atoms with E-state index >= 15 is 0 Å². The Morgan fingerprint density at radius 1 is 0.615 bits per heavy atom. The van der Waals surface area contributed by atoms with Gasteiger partial charge < -0.3 is 19.6 Å². The minimum absolute atomic E-state index is 0.849. The predicted molar refractivity (Wildman–Crippen MR) is 113 cm³/mol. The molecule has 0 aliphatic carbocycles. The van der Waals surface area contributed by atoms with Gasteiger partial charge >= 0.3 is 0 Å². The summed E-state index contributed by atoms with van der Waals surface area (Å²) < 4.78 is 0. The smallest absolute Gasteiger partial charge is 0.200 e. The highest BCUT2D eigenvalue weighted by atomic mass is 15.3. The zero-order valence-corrected chi connectivity index (χ0v) is 17.1. The summed E-state index contributed by atoms with van der Waals surface area (Å²) in [6, 6.07) is 12.4. The first-order valence-electron chi connectivity index (χ1n) is 8.60. The second kappa shape index (κ2) is 8.08. The molecule has 140 valence electrons. The summed E-state index contributed by atoms with van der Waals surface area (Å²) in [5, 5.41) is 2.24. The molecule has 26 heavy (non-hydrogen) atoms. The minimum Gasteiger partial charge on any atom is -0.349 e. The molecule has 0 aliphatic heterocycles. The lowest BCUT2D eigenvalue weighted by molar-refractivity contribution is 0.483. The molecule has 0 N–H and O–H groups in total. The van der Waals surface area contributed by atoms with E-state index in [0.29, 0.717) is 0 Å². The zero-order chi connectivity index (χ0) is 19.4. The molecule has 6 heteroatoms. The van der Waals surface area contributed by atoms with Gasteiger partial charge in [-0.3, -0.25) is 0 Å². The van der Waals surface area contributed by atoms with Crippen molar-refractivity contribution in [3.8, 4) is 0 Å². The molecule has 0 heterocycles. The number of fused-ring (bicyclic) bond motifs is 1. The van der Waals surface area contributed by atoms with Gasteiger partial charge in [-0.25, -0.2) is 9.98 Å². The largest absolute Gasteiger partial charge is 0.349 e. The van der Waals surface area contributed by atoms with E-state index in [-0.39, 0.29) is 0 Å². The average molecular weight is 355 g/mol. The van der Waals surface area contributed by atoms with Crippen molar-refractivity contribution >= 4 is 34.1 Å². The van der Waals surface area contributed by atoms with Crippen molar-refractivity contribution in [2.45, 2.75) is 0 Å². The minimum atomic E-state index is 0.849. The van der Waals surface area contributed by atoms with E-state index < -0.39 is 0 Å². The van der Waals surface area contributed by atoms with Crippen molar-refractivity contribution in [2.75, 3.05) is 56.4 Å². The van der Waals surface area contributed by atoms with Crippen LogP contribution >= 0.6 is 0 Å². The van der Waals surface area contributed by atoms with Crippen LogP contribution in [-0.2, 0) is 0 Å². The maximum atomic E-state index is 4.98. The molecular formula is C20H30N6. The van der Waals surface area contributed by atoms with E-state index in [1.54, 1.807) is 0 Å². The Balaban J connectivity index is 2.80. The molecule has 0 atom stereocenters. The Morgan fingerprint density at radius 3 is 1.65 bits per heavy atom. The van der Waals surface area contributed by atoms with Crippen LogP contribution in [0, 0.1) is 0 Å². The predicted octanol–water partition coefficient (Wildman–Crippen LogP) is 3.06. The summed E-state index contributed by atoms with van der Waals surface area (Å²) in [5.74, 6) is 1.74. The molecule has 0 bridgehead atoms. The maximum Gasteiger partial charge on any atom is 0.200 e. The van der Waals surface area contributed by atoms with Crippen LogP contribution in [0.25, 0.3) is 10.8 Å². The van der Waals surface area contributed by atoms with Gasteiger partial charge in [-0.2, -0.15) is 0 Å². The molecular weight excluding hydrogens is 324 g/mol. The summed E-state index contributed by atoms with van der Waals surface area (Å²) in [6.07, 6.45) is 0. The van der Waals surface area contributed by atoms with Crippen molar-refractivity contribution in [3.05, 3.63) is 36.4 Å². The Kier molecular flexibility index (Phi) is 6.08. The number of benzene rings is 2. The van der Waals surface area contributed by atoms with Gasteiger partial charge in [-0.15, -0.1) is 0 Å². The molecule has 0 amide bonds. The van der Waals surface area contributed by atoms with Crippen LogP contribution in [0.5, 0.6) is 0 Å². The Labute approximate surface area is 157 Å². The summed E-state index contributed by atoms with van der Waals surface area (Å²) in [4.78, 5) is 17.9. The lowest BCUT2D eigenvalue weighted by Crippen LogP contribution is -2.35. The maximum absolute atomic E-state index is 4.98. The summed E-state index contributed by atoms with van der Waals surface area (Å²) in [7, 11) is 16.0. The van der Waals surface area contributed by atoms with E-state index in [0.717, 1.165) is 34.1 Å². The fourth-order valence-corrected chi connectivity index (χ4v) is 2.86. The quantitative estimate of drug-likeness (QED) is 0.614. The van der Waals surface area contributed by atoms with Gasteiger partial charge in [-0.05, 0) is 11.5 Å². The number of hydrogen-bond acceptors (Lipinski definition) is 2. The Bertz CT molecular complexity index is 798. The van der Waals surface area contributed by atoms with Crippen LogP contribution in [0.3, 0.4) is 0 Å².